The maximum Gasteiger partial charge on any atom is 0.153 e. The van der Waals surface area contributed by atoms with Crippen molar-refractivity contribution in [2.45, 2.75) is 30.9 Å². The molecule has 0 aromatic carbocycles. The molecule has 0 heterocycles. The Labute approximate surface area is 67.9 Å². The van der Waals surface area contributed by atoms with Gasteiger partial charge in [-0.2, -0.15) is 0 Å². The molecule has 0 amide bonds. The normalized spacial score (nSPS) is 19.7. The van der Waals surface area contributed by atoms with Crippen molar-refractivity contribution in [1.82, 2.24) is 0 Å². The minimum atomic E-state index is -2.77. The molecule has 0 spiro atoms. The lowest BCUT2D eigenvalue weighted by Gasteiger charge is -2.24. The van der Waals surface area contributed by atoms with Crippen molar-refractivity contribution < 1.29 is 8.42 Å². The van der Waals surface area contributed by atoms with Crippen molar-refractivity contribution in [2.24, 2.45) is 5.73 Å². The van der Waals surface area contributed by atoms with Gasteiger partial charge in [0, 0.05) is 0 Å². The van der Waals surface area contributed by atoms with Crippen molar-refractivity contribution in [3.05, 3.63) is 0 Å². The van der Waals surface area contributed by atoms with Gasteiger partial charge in [-0.3, -0.25) is 0 Å². The van der Waals surface area contributed by atoms with E-state index in [1.807, 2.05) is 0 Å². The highest BCUT2D eigenvalue weighted by Crippen LogP contribution is 2.26. The predicted molar refractivity (Wildman–Crippen MR) is 45.1 cm³/mol. The van der Waals surface area contributed by atoms with Crippen molar-refractivity contribution in [3.8, 4) is 0 Å². The van der Waals surface area contributed by atoms with Gasteiger partial charge in [-0.15, -0.1) is 0 Å². The highest BCUT2D eigenvalue weighted by Gasteiger charge is 2.30. The van der Waals surface area contributed by atoms with Crippen LogP contribution < -0.4 is 5.73 Å². The number of rotatable bonds is 4. The molecule has 2 N–H and O–H groups in total. The van der Waals surface area contributed by atoms with E-state index >= 15 is 0 Å². The van der Waals surface area contributed by atoms with Gasteiger partial charge in [0.1, 0.15) is 0 Å². The first-order valence-corrected chi connectivity index (χ1v) is 5.80. The summed E-state index contributed by atoms with van der Waals surface area (Å²) in [5.74, 6) is 0.286. The van der Waals surface area contributed by atoms with Crippen molar-refractivity contribution in [2.75, 3.05) is 12.3 Å². The summed E-state index contributed by atoms with van der Waals surface area (Å²) in [7, 11) is -2.77. The molecule has 3 nitrogen and oxygen atoms in total. The molecule has 0 aliphatic heterocycles. The molecule has 4 heteroatoms. The SMILES string of the molecule is NCCCS(=O)(=O)C1CCC1. The topological polar surface area (TPSA) is 60.2 Å². The fourth-order valence-corrected chi connectivity index (χ4v) is 3.14. The minimum Gasteiger partial charge on any atom is -0.330 e. The fourth-order valence-electron chi connectivity index (χ4n) is 1.18. The third-order valence-corrected chi connectivity index (χ3v) is 4.54. The summed E-state index contributed by atoms with van der Waals surface area (Å²) >= 11 is 0. The van der Waals surface area contributed by atoms with Crippen LogP contribution in [0.2, 0.25) is 0 Å². The largest absolute Gasteiger partial charge is 0.330 e. The maximum absolute atomic E-state index is 11.3. The van der Waals surface area contributed by atoms with Gasteiger partial charge >= 0.3 is 0 Å². The molecule has 1 fully saturated rings. The van der Waals surface area contributed by atoms with Crippen LogP contribution in [-0.2, 0) is 9.84 Å². The van der Waals surface area contributed by atoms with Crippen LogP contribution in [0.15, 0.2) is 0 Å². The molecule has 0 radical (unpaired) electrons. The van der Waals surface area contributed by atoms with Crippen molar-refractivity contribution >= 4 is 9.84 Å². The number of nitrogens with two attached hydrogens (primary N) is 1. The maximum atomic E-state index is 11.3. The molecule has 0 atom stereocenters. The zero-order valence-electron chi connectivity index (χ0n) is 6.62. The highest BCUT2D eigenvalue weighted by atomic mass is 32.2. The first-order valence-electron chi connectivity index (χ1n) is 4.08. The van der Waals surface area contributed by atoms with Crippen LogP contribution >= 0.6 is 0 Å². The van der Waals surface area contributed by atoms with Crippen LogP contribution in [0.5, 0.6) is 0 Å². The van der Waals surface area contributed by atoms with E-state index in [2.05, 4.69) is 0 Å². The van der Waals surface area contributed by atoms with E-state index in [1.165, 1.54) is 0 Å². The van der Waals surface area contributed by atoms with Gasteiger partial charge in [0.15, 0.2) is 9.84 Å². The Morgan fingerprint density at radius 1 is 1.36 bits per heavy atom. The lowest BCUT2D eigenvalue weighted by Crippen LogP contribution is -2.31. The Morgan fingerprint density at radius 2 is 2.00 bits per heavy atom. The molecule has 0 aromatic heterocycles. The Hall–Kier alpha value is -0.0900. The molecule has 1 aliphatic carbocycles. The zero-order chi connectivity index (χ0) is 8.32. The van der Waals surface area contributed by atoms with Crippen LogP contribution in [0.25, 0.3) is 0 Å². The van der Waals surface area contributed by atoms with E-state index in [0.29, 0.717) is 13.0 Å². The minimum absolute atomic E-state index is 0.0333. The van der Waals surface area contributed by atoms with Crippen LogP contribution in [0.4, 0.5) is 0 Å². The first kappa shape index (κ1) is 9.00. The standard InChI is InChI=1S/C7H15NO2S/c8-5-2-6-11(9,10)7-3-1-4-7/h7H,1-6,8H2. The monoisotopic (exact) mass is 177 g/mol. The summed E-state index contributed by atoms with van der Waals surface area (Å²) in [6.45, 7) is 0.478. The number of hydrogen-bond acceptors (Lipinski definition) is 3. The van der Waals surface area contributed by atoms with E-state index in [9.17, 15) is 8.42 Å². The van der Waals surface area contributed by atoms with Gasteiger partial charge in [-0.25, -0.2) is 8.42 Å². The molecule has 66 valence electrons. The summed E-state index contributed by atoms with van der Waals surface area (Å²) in [5, 5.41) is -0.0333. The van der Waals surface area contributed by atoms with E-state index in [0.717, 1.165) is 19.3 Å². The van der Waals surface area contributed by atoms with Gasteiger partial charge in [0.2, 0.25) is 0 Å². The molecule has 0 aromatic rings. The summed E-state index contributed by atoms with van der Waals surface area (Å²) in [5.41, 5.74) is 5.23. The summed E-state index contributed by atoms with van der Waals surface area (Å²) < 4.78 is 22.6. The second kappa shape index (κ2) is 3.54. The van der Waals surface area contributed by atoms with Gasteiger partial charge in [-0.1, -0.05) is 6.42 Å². The first-order chi connectivity index (χ1) is 5.17. The van der Waals surface area contributed by atoms with Gasteiger partial charge in [0.25, 0.3) is 0 Å². The molecule has 1 aliphatic rings. The molecular weight excluding hydrogens is 162 g/mol. The third kappa shape index (κ3) is 2.17. The van der Waals surface area contributed by atoms with E-state index < -0.39 is 9.84 Å². The molecule has 11 heavy (non-hydrogen) atoms. The van der Waals surface area contributed by atoms with Gasteiger partial charge < -0.3 is 5.73 Å². The quantitative estimate of drug-likeness (QED) is 0.672. The van der Waals surface area contributed by atoms with Crippen LogP contribution in [-0.4, -0.2) is 26.0 Å². The Morgan fingerprint density at radius 3 is 2.36 bits per heavy atom. The van der Waals surface area contributed by atoms with Gasteiger partial charge in [0.05, 0.1) is 11.0 Å². The van der Waals surface area contributed by atoms with E-state index in [1.54, 1.807) is 0 Å². The highest BCUT2D eigenvalue weighted by molar-refractivity contribution is 7.92. The smallest absolute Gasteiger partial charge is 0.153 e. The van der Waals surface area contributed by atoms with Crippen molar-refractivity contribution in [1.29, 1.82) is 0 Å². The fraction of sp³-hybridized carbons (Fsp3) is 1.00. The third-order valence-electron chi connectivity index (χ3n) is 2.19. The Balaban J connectivity index is 2.39. The number of sulfone groups is 1. The molecule has 0 bridgehead atoms. The summed E-state index contributed by atoms with van der Waals surface area (Å²) in [4.78, 5) is 0. The zero-order valence-corrected chi connectivity index (χ0v) is 7.44. The number of hydrogen-bond donors (Lipinski definition) is 1. The van der Waals surface area contributed by atoms with Crippen LogP contribution in [0.1, 0.15) is 25.7 Å². The average molecular weight is 177 g/mol. The van der Waals surface area contributed by atoms with Crippen LogP contribution in [0.3, 0.4) is 0 Å². The Kier molecular flexibility index (Phi) is 2.90. The van der Waals surface area contributed by atoms with Crippen molar-refractivity contribution in [3.63, 3.8) is 0 Å². The molecule has 1 rings (SSSR count). The van der Waals surface area contributed by atoms with E-state index in [4.69, 9.17) is 5.73 Å². The molecule has 0 saturated heterocycles. The van der Waals surface area contributed by atoms with Gasteiger partial charge in [-0.05, 0) is 25.8 Å². The second-order valence-electron chi connectivity index (χ2n) is 3.06. The molecule has 0 unspecified atom stereocenters. The summed E-state index contributed by atoms with van der Waals surface area (Å²) in [6, 6.07) is 0. The molecule has 1 saturated carbocycles. The van der Waals surface area contributed by atoms with E-state index in [-0.39, 0.29) is 11.0 Å². The average Bonchev–Trinajstić information content (AvgIpc) is 1.78. The predicted octanol–water partition coefficient (Wildman–Crippen LogP) is 0.302. The summed E-state index contributed by atoms with van der Waals surface area (Å²) in [6.07, 6.45) is 3.42. The Bertz CT molecular complexity index is 206. The van der Waals surface area contributed by atoms with Crippen LogP contribution in [0, 0.1) is 0 Å². The molecular formula is C7H15NO2S. The lowest BCUT2D eigenvalue weighted by atomic mass is 10.0. The second-order valence-corrected chi connectivity index (χ2v) is 5.46. The lowest BCUT2D eigenvalue weighted by molar-refractivity contribution is 0.476.